The summed E-state index contributed by atoms with van der Waals surface area (Å²) >= 11 is 3.21. The maximum absolute atomic E-state index is 12.5. The second kappa shape index (κ2) is 10.1. The summed E-state index contributed by atoms with van der Waals surface area (Å²) in [4.78, 5) is 48.9. The number of esters is 3. The smallest absolute Gasteiger partial charge is 0.408 e. The molecule has 0 radical (unpaired) electrons. The van der Waals surface area contributed by atoms with E-state index in [2.05, 4.69) is 21.2 Å². The van der Waals surface area contributed by atoms with Crippen molar-refractivity contribution < 1.29 is 38.1 Å². The van der Waals surface area contributed by atoms with E-state index in [0.717, 1.165) is 0 Å². The quantitative estimate of drug-likeness (QED) is 0.380. The minimum absolute atomic E-state index is 0.133. The fraction of sp³-hybridized carbons (Fsp3) is 0.778. The molecule has 0 aromatic rings. The molecule has 1 heterocycles. The van der Waals surface area contributed by atoms with Crippen LogP contribution in [0.2, 0.25) is 0 Å². The van der Waals surface area contributed by atoms with Gasteiger partial charge < -0.3 is 24.3 Å². The molecule has 0 aliphatic carbocycles. The summed E-state index contributed by atoms with van der Waals surface area (Å²) < 4.78 is 21.0. The lowest BCUT2D eigenvalue weighted by molar-refractivity contribution is -0.175. The van der Waals surface area contributed by atoms with Crippen LogP contribution in [0.15, 0.2) is 0 Å². The van der Waals surface area contributed by atoms with Gasteiger partial charge in [-0.25, -0.2) is 9.59 Å². The molecule has 0 aromatic carbocycles. The zero-order chi connectivity index (χ0) is 21.6. The highest BCUT2D eigenvalue weighted by molar-refractivity contribution is 9.09. The van der Waals surface area contributed by atoms with Gasteiger partial charge in [-0.15, -0.1) is 0 Å². The van der Waals surface area contributed by atoms with E-state index >= 15 is 0 Å². The van der Waals surface area contributed by atoms with Crippen LogP contribution in [0.25, 0.3) is 0 Å². The average Bonchev–Trinajstić information content (AvgIpc) is 2.58. The third-order valence-electron chi connectivity index (χ3n) is 3.72. The molecule has 4 atom stereocenters. The van der Waals surface area contributed by atoms with Crippen LogP contribution < -0.4 is 5.32 Å². The van der Waals surface area contributed by atoms with Crippen molar-refractivity contribution in [1.29, 1.82) is 0 Å². The van der Waals surface area contributed by atoms with Crippen LogP contribution in [0, 0.1) is 11.8 Å². The lowest BCUT2D eigenvalue weighted by atomic mass is 10.00. The van der Waals surface area contributed by atoms with Crippen molar-refractivity contribution in [2.45, 2.75) is 65.4 Å². The molecule has 10 heteroatoms. The van der Waals surface area contributed by atoms with Gasteiger partial charge in [-0.05, 0) is 27.7 Å². The Bertz CT molecular complexity index is 601. The molecule has 1 rings (SSSR count). The highest BCUT2D eigenvalue weighted by Crippen LogP contribution is 2.22. The van der Waals surface area contributed by atoms with E-state index in [-0.39, 0.29) is 5.33 Å². The number of nitrogens with one attached hydrogen (secondary N) is 1. The number of hydrogen-bond donors (Lipinski definition) is 1. The Hall–Kier alpha value is -1.84. The van der Waals surface area contributed by atoms with E-state index in [1.807, 2.05) is 0 Å². The molecule has 9 nitrogen and oxygen atoms in total. The van der Waals surface area contributed by atoms with E-state index in [0.29, 0.717) is 0 Å². The van der Waals surface area contributed by atoms with Gasteiger partial charge in [-0.3, -0.25) is 9.59 Å². The molecular formula is C18H28BrNO8. The normalized spacial score (nSPS) is 26.3. The van der Waals surface area contributed by atoms with Gasteiger partial charge in [0, 0.05) is 5.33 Å². The number of alkyl carbamates (subject to hydrolysis) is 1. The maximum atomic E-state index is 12.5. The van der Waals surface area contributed by atoms with Gasteiger partial charge in [0.2, 0.25) is 0 Å². The fourth-order valence-corrected chi connectivity index (χ4v) is 2.92. The van der Waals surface area contributed by atoms with Crippen LogP contribution in [-0.2, 0) is 33.3 Å². The molecule has 4 unspecified atom stereocenters. The lowest BCUT2D eigenvalue weighted by Crippen LogP contribution is -2.48. The van der Waals surface area contributed by atoms with Crippen LogP contribution in [-0.4, -0.2) is 59.8 Å². The first-order chi connectivity index (χ1) is 12.9. The molecule has 1 aliphatic heterocycles. The number of ether oxygens (including phenoxy) is 4. The summed E-state index contributed by atoms with van der Waals surface area (Å²) in [5.74, 6) is -3.35. The molecular weight excluding hydrogens is 438 g/mol. The summed E-state index contributed by atoms with van der Waals surface area (Å²) in [5.41, 5.74) is -0.770. The molecule has 0 saturated carbocycles. The van der Waals surface area contributed by atoms with Gasteiger partial charge in [0.15, 0.2) is 12.1 Å². The molecule has 1 amide bonds. The summed E-state index contributed by atoms with van der Waals surface area (Å²) in [6, 6.07) is -1.25. The van der Waals surface area contributed by atoms with Crippen molar-refractivity contribution in [2.75, 3.05) is 11.9 Å². The predicted molar refractivity (Wildman–Crippen MR) is 102 cm³/mol. The van der Waals surface area contributed by atoms with Crippen LogP contribution in [0.4, 0.5) is 4.79 Å². The average molecular weight is 466 g/mol. The van der Waals surface area contributed by atoms with Crippen molar-refractivity contribution in [3.05, 3.63) is 0 Å². The fourth-order valence-electron chi connectivity index (χ4n) is 2.28. The second-order valence-corrected chi connectivity index (χ2v) is 8.44. The Kier molecular flexibility index (Phi) is 8.72. The molecule has 160 valence electrons. The Morgan fingerprint density at radius 1 is 1.25 bits per heavy atom. The van der Waals surface area contributed by atoms with Crippen LogP contribution in [0.1, 0.15) is 41.5 Å². The topological polar surface area (TPSA) is 117 Å². The standard InChI is InChI=1S/C18H28BrNO8/c1-9(2)14(21)27-13-10(3)26-16(23)12(8-25-15(22)11(13)7-19)20-17(24)28-18(4,5)6/h9-13H,7-8H2,1-6H3,(H,20,24). The maximum Gasteiger partial charge on any atom is 0.408 e. The van der Waals surface area contributed by atoms with Crippen LogP contribution in [0.5, 0.6) is 0 Å². The number of hydrogen-bond acceptors (Lipinski definition) is 8. The Balaban J connectivity index is 3.01. The largest absolute Gasteiger partial charge is 0.463 e. The van der Waals surface area contributed by atoms with Crippen molar-refractivity contribution in [2.24, 2.45) is 11.8 Å². The monoisotopic (exact) mass is 465 g/mol. The van der Waals surface area contributed by atoms with Crippen molar-refractivity contribution in [1.82, 2.24) is 5.32 Å². The summed E-state index contributed by atoms with van der Waals surface area (Å²) in [6.45, 7) is 9.39. The molecule has 1 saturated heterocycles. The number of carbonyl (C=O) groups is 4. The summed E-state index contributed by atoms with van der Waals surface area (Å²) in [7, 11) is 0. The highest BCUT2D eigenvalue weighted by atomic mass is 79.9. The number of rotatable bonds is 4. The molecule has 28 heavy (non-hydrogen) atoms. The first-order valence-corrected chi connectivity index (χ1v) is 10.1. The van der Waals surface area contributed by atoms with Crippen molar-refractivity contribution >= 4 is 39.9 Å². The third kappa shape index (κ3) is 7.29. The van der Waals surface area contributed by atoms with Crippen molar-refractivity contribution in [3.63, 3.8) is 0 Å². The van der Waals surface area contributed by atoms with Gasteiger partial charge in [-0.1, -0.05) is 29.8 Å². The molecule has 0 aromatic heterocycles. The Morgan fingerprint density at radius 3 is 2.36 bits per heavy atom. The summed E-state index contributed by atoms with van der Waals surface area (Å²) in [5, 5.41) is 2.47. The zero-order valence-electron chi connectivity index (χ0n) is 16.9. The SMILES string of the molecule is CC(C)C(=O)OC1C(C)OC(=O)C(NC(=O)OC(C)(C)C)COC(=O)C1CBr. The van der Waals surface area contributed by atoms with E-state index in [1.165, 1.54) is 6.92 Å². The van der Waals surface area contributed by atoms with E-state index in [4.69, 9.17) is 18.9 Å². The minimum Gasteiger partial charge on any atom is -0.463 e. The van der Waals surface area contributed by atoms with E-state index in [9.17, 15) is 19.2 Å². The Labute approximate surface area is 172 Å². The zero-order valence-corrected chi connectivity index (χ0v) is 18.5. The van der Waals surface area contributed by atoms with E-state index < -0.39 is 66.3 Å². The molecule has 1 fully saturated rings. The number of halogens is 1. The predicted octanol–water partition coefficient (Wildman–Crippen LogP) is 1.95. The molecule has 0 spiro atoms. The van der Waals surface area contributed by atoms with Crippen molar-refractivity contribution in [3.8, 4) is 0 Å². The number of carbonyl (C=O) groups excluding carboxylic acids is 4. The highest BCUT2D eigenvalue weighted by Gasteiger charge is 2.41. The first-order valence-electron chi connectivity index (χ1n) is 8.98. The van der Waals surface area contributed by atoms with Crippen LogP contribution >= 0.6 is 15.9 Å². The minimum atomic E-state index is -1.25. The van der Waals surface area contributed by atoms with Gasteiger partial charge >= 0.3 is 24.0 Å². The lowest BCUT2D eigenvalue weighted by Gasteiger charge is -2.28. The van der Waals surface area contributed by atoms with E-state index in [1.54, 1.807) is 34.6 Å². The molecule has 1 aliphatic rings. The number of alkyl halides is 1. The first kappa shape index (κ1) is 24.2. The van der Waals surface area contributed by atoms with Gasteiger partial charge in [0.05, 0.1) is 5.92 Å². The second-order valence-electron chi connectivity index (χ2n) is 7.79. The van der Waals surface area contributed by atoms with Gasteiger partial charge in [0.1, 0.15) is 24.2 Å². The Morgan fingerprint density at radius 2 is 1.86 bits per heavy atom. The summed E-state index contributed by atoms with van der Waals surface area (Å²) in [6.07, 6.45) is -2.82. The number of cyclic esters (lactones) is 2. The van der Waals surface area contributed by atoms with Gasteiger partial charge in [0.25, 0.3) is 0 Å². The van der Waals surface area contributed by atoms with Gasteiger partial charge in [-0.2, -0.15) is 0 Å². The number of amides is 1. The van der Waals surface area contributed by atoms with Crippen LogP contribution in [0.3, 0.4) is 0 Å². The molecule has 0 bridgehead atoms. The molecule has 1 N–H and O–H groups in total. The third-order valence-corrected chi connectivity index (χ3v) is 4.42.